The molecule has 0 saturated carbocycles. The minimum Gasteiger partial charge on any atom is -0.494 e. The summed E-state index contributed by atoms with van der Waals surface area (Å²) in [7, 11) is 6.00. The Morgan fingerprint density at radius 1 is 1.21 bits per heavy atom. The van der Waals surface area contributed by atoms with E-state index in [1.165, 1.54) is 18.4 Å². The number of nitrogens with one attached hydrogen (secondary N) is 2. The molecule has 0 spiro atoms. The first-order chi connectivity index (χ1) is 13.5. The largest absolute Gasteiger partial charge is 0.494 e. The van der Waals surface area contributed by atoms with Gasteiger partial charge in [0.2, 0.25) is 0 Å². The molecule has 0 amide bonds. The number of guanidine groups is 1. The van der Waals surface area contributed by atoms with E-state index in [4.69, 9.17) is 4.74 Å². The van der Waals surface area contributed by atoms with Gasteiger partial charge in [0.1, 0.15) is 5.75 Å². The van der Waals surface area contributed by atoms with Crippen molar-refractivity contribution in [2.24, 2.45) is 4.99 Å². The van der Waals surface area contributed by atoms with Crippen molar-refractivity contribution in [1.82, 2.24) is 20.4 Å². The SMILES string of the molecule is CN=C(NCc1ccc(OCCCN(C)C)cc1)NC1CCN(C(C)C)CC1.I. The molecule has 166 valence electrons. The maximum Gasteiger partial charge on any atom is 0.191 e. The molecule has 1 saturated heterocycles. The van der Waals surface area contributed by atoms with Gasteiger partial charge in [0.15, 0.2) is 5.96 Å². The van der Waals surface area contributed by atoms with Crippen LogP contribution in [0.4, 0.5) is 0 Å². The standard InChI is InChI=1S/C22H39N5O.HI/c1-18(2)27-14-11-20(12-15-27)25-22(23-3)24-17-19-7-9-21(10-8-19)28-16-6-13-26(4)5;/h7-10,18,20H,6,11-17H2,1-5H3,(H2,23,24,25);1H. The molecule has 1 fully saturated rings. The van der Waals surface area contributed by atoms with Crippen LogP contribution in [-0.4, -0.2) is 75.2 Å². The lowest BCUT2D eigenvalue weighted by Crippen LogP contribution is -2.49. The van der Waals surface area contributed by atoms with Gasteiger partial charge >= 0.3 is 0 Å². The van der Waals surface area contributed by atoms with Crippen LogP contribution in [0.25, 0.3) is 0 Å². The first kappa shape index (κ1) is 26.0. The van der Waals surface area contributed by atoms with Crippen LogP contribution in [0.3, 0.4) is 0 Å². The van der Waals surface area contributed by atoms with E-state index in [9.17, 15) is 0 Å². The molecule has 2 N–H and O–H groups in total. The highest BCUT2D eigenvalue weighted by Crippen LogP contribution is 2.14. The number of aliphatic imine (C=N–C) groups is 1. The summed E-state index contributed by atoms with van der Waals surface area (Å²) >= 11 is 0. The number of benzene rings is 1. The van der Waals surface area contributed by atoms with Crippen LogP contribution in [0, 0.1) is 0 Å². The van der Waals surface area contributed by atoms with Gasteiger partial charge in [-0.2, -0.15) is 0 Å². The highest BCUT2D eigenvalue weighted by molar-refractivity contribution is 14.0. The number of hydrogen-bond donors (Lipinski definition) is 2. The average Bonchev–Trinajstić information content (AvgIpc) is 2.69. The summed E-state index contributed by atoms with van der Waals surface area (Å²) in [5, 5.41) is 7.00. The van der Waals surface area contributed by atoms with Gasteiger partial charge < -0.3 is 25.2 Å². The van der Waals surface area contributed by atoms with E-state index in [0.29, 0.717) is 12.1 Å². The third kappa shape index (κ3) is 10.00. The number of rotatable bonds is 9. The third-order valence-electron chi connectivity index (χ3n) is 5.23. The molecule has 0 unspecified atom stereocenters. The smallest absolute Gasteiger partial charge is 0.191 e. The second-order valence-corrected chi connectivity index (χ2v) is 8.12. The Bertz CT molecular complexity index is 583. The molecule has 1 aromatic rings. The summed E-state index contributed by atoms with van der Waals surface area (Å²) in [4.78, 5) is 9.10. The summed E-state index contributed by atoms with van der Waals surface area (Å²) < 4.78 is 5.80. The lowest BCUT2D eigenvalue weighted by atomic mass is 10.0. The number of hydrogen-bond acceptors (Lipinski definition) is 4. The molecule has 1 aliphatic rings. The number of halogens is 1. The van der Waals surface area contributed by atoms with Crippen molar-refractivity contribution in [3.8, 4) is 5.75 Å². The van der Waals surface area contributed by atoms with Gasteiger partial charge in [0.25, 0.3) is 0 Å². The first-order valence-corrected chi connectivity index (χ1v) is 10.6. The first-order valence-electron chi connectivity index (χ1n) is 10.6. The highest BCUT2D eigenvalue weighted by Gasteiger charge is 2.21. The zero-order valence-electron chi connectivity index (χ0n) is 18.8. The Morgan fingerprint density at radius 3 is 2.41 bits per heavy atom. The van der Waals surface area contributed by atoms with E-state index >= 15 is 0 Å². The van der Waals surface area contributed by atoms with E-state index in [2.05, 4.69) is 65.5 Å². The number of piperidine rings is 1. The minimum atomic E-state index is 0. The topological polar surface area (TPSA) is 52.1 Å². The molecule has 0 aromatic heterocycles. The lowest BCUT2D eigenvalue weighted by Gasteiger charge is -2.35. The van der Waals surface area contributed by atoms with Crippen molar-refractivity contribution in [3.05, 3.63) is 29.8 Å². The monoisotopic (exact) mass is 517 g/mol. The van der Waals surface area contributed by atoms with Crippen LogP contribution in [0.2, 0.25) is 0 Å². The number of likely N-dealkylation sites (tertiary alicyclic amines) is 1. The maximum atomic E-state index is 5.80. The normalized spacial score (nSPS) is 16.0. The van der Waals surface area contributed by atoms with Gasteiger partial charge in [0.05, 0.1) is 6.61 Å². The van der Waals surface area contributed by atoms with Crippen molar-refractivity contribution in [2.75, 3.05) is 47.4 Å². The lowest BCUT2D eigenvalue weighted by molar-refractivity contribution is 0.167. The third-order valence-corrected chi connectivity index (χ3v) is 5.23. The van der Waals surface area contributed by atoms with Gasteiger partial charge in [-0.15, -0.1) is 24.0 Å². The Balaban J connectivity index is 0.00000420. The molecule has 1 aromatic carbocycles. The van der Waals surface area contributed by atoms with Crippen molar-refractivity contribution in [1.29, 1.82) is 0 Å². The van der Waals surface area contributed by atoms with Crippen molar-refractivity contribution < 1.29 is 4.74 Å². The van der Waals surface area contributed by atoms with Gasteiger partial charge in [-0.1, -0.05) is 12.1 Å². The Labute approximate surface area is 194 Å². The van der Waals surface area contributed by atoms with E-state index in [0.717, 1.165) is 50.9 Å². The molecule has 1 heterocycles. The van der Waals surface area contributed by atoms with E-state index in [1.807, 2.05) is 19.2 Å². The predicted octanol–water partition coefficient (Wildman–Crippen LogP) is 3.17. The number of nitrogens with zero attached hydrogens (tertiary/aromatic N) is 3. The predicted molar refractivity (Wildman–Crippen MR) is 134 cm³/mol. The summed E-state index contributed by atoms with van der Waals surface area (Å²) in [6.07, 6.45) is 3.37. The van der Waals surface area contributed by atoms with Crippen molar-refractivity contribution in [3.63, 3.8) is 0 Å². The minimum absolute atomic E-state index is 0. The zero-order valence-corrected chi connectivity index (χ0v) is 21.1. The van der Waals surface area contributed by atoms with Crippen LogP contribution in [0.5, 0.6) is 5.75 Å². The van der Waals surface area contributed by atoms with Crippen molar-refractivity contribution in [2.45, 2.75) is 51.7 Å². The molecule has 0 aliphatic carbocycles. The zero-order chi connectivity index (χ0) is 20.4. The molecule has 0 radical (unpaired) electrons. The van der Waals surface area contributed by atoms with Crippen LogP contribution in [0.1, 0.15) is 38.7 Å². The van der Waals surface area contributed by atoms with Gasteiger partial charge in [0, 0.05) is 45.3 Å². The van der Waals surface area contributed by atoms with Crippen LogP contribution in [-0.2, 0) is 6.54 Å². The fourth-order valence-corrected chi connectivity index (χ4v) is 3.41. The molecule has 2 rings (SSSR count). The summed E-state index contributed by atoms with van der Waals surface area (Å²) in [6, 6.07) is 9.46. The van der Waals surface area contributed by atoms with Gasteiger partial charge in [-0.05, 0) is 64.9 Å². The molecule has 7 heteroatoms. The summed E-state index contributed by atoms with van der Waals surface area (Å²) in [6.45, 7) is 9.41. The second kappa shape index (κ2) is 14.0. The van der Waals surface area contributed by atoms with Crippen molar-refractivity contribution >= 4 is 29.9 Å². The summed E-state index contributed by atoms with van der Waals surface area (Å²) in [5.74, 6) is 1.81. The molecular formula is C22H40IN5O. The molecule has 6 nitrogen and oxygen atoms in total. The van der Waals surface area contributed by atoms with Crippen LogP contribution in [0.15, 0.2) is 29.3 Å². The second-order valence-electron chi connectivity index (χ2n) is 8.12. The molecular weight excluding hydrogens is 477 g/mol. The Hall–Kier alpha value is -1.06. The Morgan fingerprint density at radius 2 is 1.86 bits per heavy atom. The van der Waals surface area contributed by atoms with Crippen LogP contribution < -0.4 is 15.4 Å². The average molecular weight is 518 g/mol. The number of ether oxygens (including phenoxy) is 1. The molecule has 29 heavy (non-hydrogen) atoms. The molecule has 0 bridgehead atoms. The molecule has 1 aliphatic heterocycles. The highest BCUT2D eigenvalue weighted by atomic mass is 127. The maximum absolute atomic E-state index is 5.80. The van der Waals surface area contributed by atoms with E-state index in [1.54, 1.807) is 0 Å². The van der Waals surface area contributed by atoms with Gasteiger partial charge in [-0.25, -0.2) is 0 Å². The quantitative estimate of drug-likeness (QED) is 0.228. The van der Waals surface area contributed by atoms with E-state index < -0.39 is 0 Å². The fraction of sp³-hybridized carbons (Fsp3) is 0.682. The van der Waals surface area contributed by atoms with Crippen LogP contribution >= 0.6 is 24.0 Å². The summed E-state index contributed by atoms with van der Waals surface area (Å²) in [5.41, 5.74) is 1.22. The molecule has 0 atom stereocenters. The van der Waals surface area contributed by atoms with E-state index in [-0.39, 0.29) is 24.0 Å². The van der Waals surface area contributed by atoms with Gasteiger partial charge in [-0.3, -0.25) is 4.99 Å². The Kier molecular flexibility index (Phi) is 12.6. The fourth-order valence-electron chi connectivity index (χ4n) is 3.41.